The lowest BCUT2D eigenvalue weighted by atomic mass is 10.4. The van der Waals surface area contributed by atoms with Gasteiger partial charge in [0.05, 0.1) is 0 Å². The van der Waals surface area contributed by atoms with E-state index in [-0.39, 0.29) is 0 Å². The van der Waals surface area contributed by atoms with Crippen LogP contribution in [0, 0.1) is 0 Å². The molecule has 1 atom stereocenters. The number of thioether (sulfide) groups is 1. The lowest BCUT2D eigenvalue weighted by Gasteiger charge is -2.09. The Morgan fingerprint density at radius 1 is 1.75 bits per heavy atom. The van der Waals surface area contributed by atoms with Crippen LogP contribution in [0.5, 0.6) is 0 Å². The van der Waals surface area contributed by atoms with Crippen molar-refractivity contribution < 1.29 is 5.11 Å². The first-order valence-corrected chi connectivity index (χ1v) is 5.37. The molecule has 0 amide bonds. The van der Waals surface area contributed by atoms with Crippen molar-refractivity contribution in [1.29, 1.82) is 0 Å². The fourth-order valence-electron chi connectivity index (χ4n) is 1.12. The van der Waals surface area contributed by atoms with Gasteiger partial charge in [0.2, 0.25) is 0 Å². The van der Waals surface area contributed by atoms with Gasteiger partial charge in [0.15, 0.2) is 0 Å². The molecule has 1 heterocycles. The van der Waals surface area contributed by atoms with Crippen LogP contribution in [0.15, 0.2) is 12.4 Å². The summed E-state index contributed by atoms with van der Waals surface area (Å²) in [6, 6.07) is 0. The maximum atomic E-state index is 9.62. The molecule has 1 aromatic heterocycles. The minimum absolute atomic E-state index is 0.435. The van der Waals surface area contributed by atoms with Gasteiger partial charge in [0, 0.05) is 24.7 Å². The van der Waals surface area contributed by atoms with E-state index in [1.54, 1.807) is 18.0 Å². The predicted octanol–water partition coefficient (Wildman–Crippen LogP) is 1.30. The molecule has 0 aliphatic rings. The summed E-state index contributed by atoms with van der Waals surface area (Å²) in [5.74, 6) is 1.48. The molecule has 3 nitrogen and oxygen atoms in total. The lowest BCUT2D eigenvalue weighted by Crippen LogP contribution is -2.09. The fourth-order valence-corrected chi connectivity index (χ4v) is 1.58. The van der Waals surface area contributed by atoms with Gasteiger partial charge >= 0.3 is 0 Å². The Morgan fingerprint density at radius 3 is 3.08 bits per heavy atom. The Labute approximate surface area is 76.8 Å². The van der Waals surface area contributed by atoms with Crippen molar-refractivity contribution in [3.05, 3.63) is 18.2 Å². The maximum absolute atomic E-state index is 9.62. The average Bonchev–Trinajstić information content (AvgIpc) is 2.51. The zero-order valence-corrected chi connectivity index (χ0v) is 8.21. The highest BCUT2D eigenvalue weighted by molar-refractivity contribution is 7.98. The quantitative estimate of drug-likeness (QED) is 0.770. The Balaban J connectivity index is 2.71. The molecule has 0 radical (unpaired) electrons. The second-order valence-electron chi connectivity index (χ2n) is 2.54. The van der Waals surface area contributed by atoms with Crippen molar-refractivity contribution >= 4 is 11.8 Å². The highest BCUT2D eigenvalue weighted by atomic mass is 32.2. The molecule has 0 bridgehead atoms. The van der Waals surface area contributed by atoms with E-state index in [1.165, 1.54) is 0 Å². The summed E-state index contributed by atoms with van der Waals surface area (Å²) >= 11 is 1.62. The molecular formula is C8H14N2OS. The molecule has 68 valence electrons. The second kappa shape index (κ2) is 4.52. The van der Waals surface area contributed by atoms with E-state index < -0.39 is 6.10 Å². The van der Waals surface area contributed by atoms with Crippen LogP contribution in [0.3, 0.4) is 0 Å². The fraction of sp³-hybridized carbons (Fsp3) is 0.625. The second-order valence-corrected chi connectivity index (χ2v) is 3.45. The number of aryl methyl sites for hydroxylation is 1. The monoisotopic (exact) mass is 186 g/mol. The smallest absolute Gasteiger partial charge is 0.138 e. The molecule has 4 heteroatoms. The number of aliphatic hydroxyl groups is 1. The first-order valence-electron chi connectivity index (χ1n) is 3.97. The molecule has 0 saturated heterocycles. The van der Waals surface area contributed by atoms with Crippen molar-refractivity contribution in [2.24, 2.45) is 0 Å². The Hall–Kier alpha value is -0.480. The van der Waals surface area contributed by atoms with E-state index in [1.807, 2.05) is 23.9 Å². The highest BCUT2D eigenvalue weighted by Crippen LogP contribution is 2.14. The number of imidazole rings is 1. The van der Waals surface area contributed by atoms with Crippen LogP contribution in [0.4, 0.5) is 0 Å². The van der Waals surface area contributed by atoms with Gasteiger partial charge < -0.3 is 9.67 Å². The molecular weight excluding hydrogens is 172 g/mol. The van der Waals surface area contributed by atoms with E-state index >= 15 is 0 Å². The van der Waals surface area contributed by atoms with Crippen LogP contribution in [0.25, 0.3) is 0 Å². The van der Waals surface area contributed by atoms with Crippen molar-refractivity contribution in [3.8, 4) is 0 Å². The van der Waals surface area contributed by atoms with E-state index in [0.717, 1.165) is 12.4 Å². The van der Waals surface area contributed by atoms with Gasteiger partial charge in [-0.05, 0) is 13.2 Å². The number of rotatable bonds is 4. The van der Waals surface area contributed by atoms with Crippen LogP contribution >= 0.6 is 11.8 Å². The maximum Gasteiger partial charge on any atom is 0.138 e. The minimum atomic E-state index is -0.435. The summed E-state index contributed by atoms with van der Waals surface area (Å²) in [6.07, 6.45) is 5.15. The first-order chi connectivity index (χ1) is 5.79. The molecule has 0 aromatic carbocycles. The molecule has 0 saturated carbocycles. The Bertz CT molecular complexity index is 237. The molecule has 0 fully saturated rings. The van der Waals surface area contributed by atoms with E-state index in [9.17, 15) is 5.11 Å². The number of aliphatic hydroxyl groups excluding tert-OH is 1. The summed E-state index contributed by atoms with van der Waals surface area (Å²) in [5, 5.41) is 9.62. The lowest BCUT2D eigenvalue weighted by molar-refractivity contribution is 0.189. The number of aromatic nitrogens is 2. The summed E-state index contributed by atoms with van der Waals surface area (Å²) in [6.45, 7) is 2.90. The Kier molecular flexibility index (Phi) is 3.62. The zero-order chi connectivity index (χ0) is 8.97. The van der Waals surface area contributed by atoms with Gasteiger partial charge in [0.1, 0.15) is 11.9 Å². The van der Waals surface area contributed by atoms with Gasteiger partial charge in [-0.15, -0.1) is 0 Å². The molecule has 1 unspecified atom stereocenters. The summed E-state index contributed by atoms with van der Waals surface area (Å²) in [4.78, 5) is 4.11. The van der Waals surface area contributed by atoms with E-state index in [0.29, 0.717) is 5.75 Å². The molecule has 1 N–H and O–H groups in total. The average molecular weight is 186 g/mol. The number of hydrogen-bond donors (Lipinski definition) is 1. The third-order valence-electron chi connectivity index (χ3n) is 1.71. The number of nitrogens with zero attached hydrogens (tertiary/aromatic N) is 2. The normalized spacial score (nSPS) is 13.2. The van der Waals surface area contributed by atoms with Crippen molar-refractivity contribution in [2.75, 3.05) is 12.0 Å². The Morgan fingerprint density at radius 2 is 2.50 bits per heavy atom. The molecule has 0 aliphatic carbocycles. The SMILES string of the molecule is CCn1ccnc1C(O)CSC. The van der Waals surface area contributed by atoms with Gasteiger partial charge in [-0.1, -0.05) is 0 Å². The topological polar surface area (TPSA) is 38.0 Å². The van der Waals surface area contributed by atoms with Crippen LogP contribution < -0.4 is 0 Å². The van der Waals surface area contributed by atoms with Crippen molar-refractivity contribution in [1.82, 2.24) is 9.55 Å². The third-order valence-corrected chi connectivity index (χ3v) is 2.36. The van der Waals surface area contributed by atoms with Crippen LogP contribution in [0.1, 0.15) is 18.9 Å². The molecule has 0 spiro atoms. The van der Waals surface area contributed by atoms with E-state index in [2.05, 4.69) is 4.98 Å². The van der Waals surface area contributed by atoms with E-state index in [4.69, 9.17) is 0 Å². The highest BCUT2D eigenvalue weighted by Gasteiger charge is 2.11. The van der Waals surface area contributed by atoms with Crippen LogP contribution in [-0.2, 0) is 6.54 Å². The molecule has 0 aliphatic heterocycles. The summed E-state index contributed by atoms with van der Waals surface area (Å²) in [7, 11) is 0. The molecule has 1 rings (SSSR count). The van der Waals surface area contributed by atoms with Gasteiger partial charge in [-0.2, -0.15) is 11.8 Å². The third kappa shape index (κ3) is 2.01. The zero-order valence-electron chi connectivity index (χ0n) is 7.40. The van der Waals surface area contributed by atoms with Crippen molar-refractivity contribution in [2.45, 2.75) is 19.6 Å². The predicted molar refractivity (Wildman–Crippen MR) is 51.2 cm³/mol. The standard InChI is InChI=1S/C8H14N2OS/c1-3-10-5-4-9-8(10)7(11)6-12-2/h4-5,7,11H,3,6H2,1-2H3. The van der Waals surface area contributed by atoms with Gasteiger partial charge in [-0.3, -0.25) is 0 Å². The van der Waals surface area contributed by atoms with Crippen LogP contribution in [-0.4, -0.2) is 26.7 Å². The van der Waals surface area contributed by atoms with Gasteiger partial charge in [-0.25, -0.2) is 4.98 Å². The van der Waals surface area contributed by atoms with Gasteiger partial charge in [0.25, 0.3) is 0 Å². The minimum Gasteiger partial charge on any atom is -0.384 e. The largest absolute Gasteiger partial charge is 0.384 e. The van der Waals surface area contributed by atoms with Crippen molar-refractivity contribution in [3.63, 3.8) is 0 Å². The first kappa shape index (κ1) is 9.61. The summed E-state index contributed by atoms with van der Waals surface area (Å²) < 4.78 is 1.96. The molecule has 1 aromatic rings. The van der Waals surface area contributed by atoms with Crippen LogP contribution in [0.2, 0.25) is 0 Å². The number of hydrogen-bond acceptors (Lipinski definition) is 3. The summed E-state index contributed by atoms with van der Waals surface area (Å²) in [5.41, 5.74) is 0. The molecule has 12 heavy (non-hydrogen) atoms.